The first-order chi connectivity index (χ1) is 13.0. The maximum absolute atomic E-state index is 12.3. The molecule has 2 aromatic carbocycles. The zero-order chi connectivity index (χ0) is 19.2. The molecule has 0 atom stereocenters. The summed E-state index contributed by atoms with van der Waals surface area (Å²) in [5, 5.41) is 2.80. The van der Waals surface area contributed by atoms with Crippen molar-refractivity contribution < 1.29 is 4.79 Å². The molecule has 0 aliphatic heterocycles. The van der Waals surface area contributed by atoms with Crippen molar-refractivity contribution in [3.63, 3.8) is 0 Å². The topological polar surface area (TPSA) is 73.1 Å². The molecule has 0 spiro atoms. The Morgan fingerprint density at radius 3 is 2.26 bits per heavy atom. The largest absolute Gasteiger partial charge is 0.354 e. The lowest BCUT2D eigenvalue weighted by Crippen LogP contribution is -2.41. The van der Waals surface area contributed by atoms with Gasteiger partial charge >= 0.3 is 0 Å². The molecule has 0 unspecified atom stereocenters. The monoisotopic (exact) mass is 363 g/mol. The van der Waals surface area contributed by atoms with Gasteiger partial charge in [-0.2, -0.15) is 0 Å². The number of hydrogen-bond acceptors (Lipinski definition) is 3. The van der Waals surface area contributed by atoms with Crippen LogP contribution in [0, 0.1) is 6.92 Å². The molecule has 1 heterocycles. The number of carbonyl (C=O) groups is 1. The van der Waals surface area contributed by atoms with Crippen molar-refractivity contribution in [1.29, 1.82) is 0 Å². The van der Waals surface area contributed by atoms with Gasteiger partial charge in [-0.3, -0.25) is 14.4 Å². The van der Waals surface area contributed by atoms with Crippen LogP contribution in [0.2, 0.25) is 0 Å². The summed E-state index contributed by atoms with van der Waals surface area (Å²) in [4.78, 5) is 36.9. The average molecular weight is 363 g/mol. The number of aryl methyl sites for hydroxylation is 1. The molecule has 6 nitrogen and oxygen atoms in total. The fourth-order valence-corrected chi connectivity index (χ4v) is 2.80. The second-order valence-electron chi connectivity index (χ2n) is 6.30. The van der Waals surface area contributed by atoms with Gasteiger partial charge in [-0.1, -0.05) is 48.0 Å². The minimum absolute atomic E-state index is 0.225. The molecule has 0 aliphatic carbocycles. The van der Waals surface area contributed by atoms with Crippen LogP contribution in [0.15, 0.2) is 76.3 Å². The van der Waals surface area contributed by atoms with Crippen molar-refractivity contribution in [1.82, 2.24) is 14.7 Å². The quantitative estimate of drug-likeness (QED) is 0.724. The number of hydrogen-bond donors (Lipinski definition) is 1. The first-order valence-electron chi connectivity index (χ1n) is 8.75. The van der Waals surface area contributed by atoms with Crippen LogP contribution in [0.1, 0.15) is 11.1 Å². The van der Waals surface area contributed by atoms with Crippen molar-refractivity contribution in [2.24, 2.45) is 0 Å². The number of rotatable bonds is 6. The summed E-state index contributed by atoms with van der Waals surface area (Å²) in [5.41, 5.74) is 1.92. The molecule has 0 saturated carbocycles. The summed E-state index contributed by atoms with van der Waals surface area (Å²) < 4.78 is 2.39. The van der Waals surface area contributed by atoms with Gasteiger partial charge in [0.15, 0.2) is 0 Å². The standard InChI is InChI=1S/C21H21N3O3/c1-16-7-9-18(10-8-16)24-21(27)12-11-20(26)23(24)15-19(25)22-14-13-17-5-3-2-4-6-17/h2-12H,13-15H2,1H3,(H,22,25). The second-order valence-corrected chi connectivity index (χ2v) is 6.30. The summed E-state index contributed by atoms with van der Waals surface area (Å²) in [7, 11) is 0. The highest BCUT2D eigenvalue weighted by atomic mass is 16.2. The highest BCUT2D eigenvalue weighted by Gasteiger charge is 2.11. The van der Waals surface area contributed by atoms with E-state index in [-0.39, 0.29) is 18.0 Å². The van der Waals surface area contributed by atoms with E-state index < -0.39 is 5.56 Å². The van der Waals surface area contributed by atoms with Crippen LogP contribution < -0.4 is 16.4 Å². The summed E-state index contributed by atoms with van der Waals surface area (Å²) >= 11 is 0. The summed E-state index contributed by atoms with van der Waals surface area (Å²) in [5.74, 6) is -0.320. The first kappa shape index (κ1) is 18.4. The van der Waals surface area contributed by atoms with Crippen LogP contribution in [-0.4, -0.2) is 21.8 Å². The zero-order valence-corrected chi connectivity index (χ0v) is 15.1. The van der Waals surface area contributed by atoms with E-state index in [2.05, 4.69) is 5.32 Å². The molecule has 0 aliphatic rings. The Bertz CT molecular complexity index is 1030. The van der Waals surface area contributed by atoms with Crippen LogP contribution in [-0.2, 0) is 17.8 Å². The normalized spacial score (nSPS) is 10.6. The summed E-state index contributed by atoms with van der Waals surface area (Å²) in [6.07, 6.45) is 0.695. The molecule has 3 rings (SSSR count). The Hall–Kier alpha value is -3.41. The number of benzene rings is 2. The highest BCUT2D eigenvalue weighted by Crippen LogP contribution is 2.06. The SMILES string of the molecule is Cc1ccc(-n2c(=O)ccc(=O)n2CC(=O)NCCc2ccccc2)cc1. The molecule has 138 valence electrons. The molecule has 3 aromatic rings. The minimum Gasteiger partial charge on any atom is -0.354 e. The average Bonchev–Trinajstić information content (AvgIpc) is 2.67. The van der Waals surface area contributed by atoms with Crippen LogP contribution >= 0.6 is 0 Å². The Kier molecular flexibility index (Phi) is 5.66. The van der Waals surface area contributed by atoms with Crippen molar-refractivity contribution in [3.8, 4) is 5.69 Å². The van der Waals surface area contributed by atoms with E-state index in [1.54, 1.807) is 12.1 Å². The Morgan fingerprint density at radius 2 is 1.56 bits per heavy atom. The molecule has 6 heteroatoms. The van der Waals surface area contributed by atoms with Crippen molar-refractivity contribution >= 4 is 5.91 Å². The Labute approximate surface area is 156 Å². The third-order valence-electron chi connectivity index (χ3n) is 4.22. The molecular formula is C21H21N3O3. The van der Waals surface area contributed by atoms with Crippen molar-refractivity contribution in [3.05, 3.63) is 98.6 Å². The van der Waals surface area contributed by atoms with Gasteiger partial charge in [0.1, 0.15) is 6.54 Å². The van der Waals surface area contributed by atoms with E-state index in [1.807, 2.05) is 49.4 Å². The summed E-state index contributed by atoms with van der Waals surface area (Å²) in [6.45, 7) is 2.17. The van der Waals surface area contributed by atoms with Crippen molar-refractivity contribution in [2.75, 3.05) is 6.54 Å². The van der Waals surface area contributed by atoms with Gasteiger partial charge in [0, 0.05) is 18.7 Å². The zero-order valence-electron chi connectivity index (χ0n) is 15.1. The maximum Gasteiger partial charge on any atom is 0.270 e. The Balaban J connectivity index is 1.77. The molecule has 1 N–H and O–H groups in total. The summed E-state index contributed by atoms with van der Waals surface area (Å²) in [6, 6.07) is 19.4. The number of amides is 1. The van der Waals surface area contributed by atoms with Crippen LogP contribution in [0.4, 0.5) is 0 Å². The first-order valence-corrected chi connectivity index (χ1v) is 8.75. The van der Waals surface area contributed by atoms with Gasteiger partial charge in [0.05, 0.1) is 5.69 Å². The van der Waals surface area contributed by atoms with Gasteiger partial charge in [0.2, 0.25) is 5.91 Å². The van der Waals surface area contributed by atoms with Crippen LogP contribution in [0.3, 0.4) is 0 Å². The molecule has 0 radical (unpaired) electrons. The molecule has 0 bridgehead atoms. The number of nitrogens with zero attached hydrogens (tertiary/aromatic N) is 2. The molecule has 0 saturated heterocycles. The van der Waals surface area contributed by atoms with E-state index in [1.165, 1.54) is 16.8 Å². The fourth-order valence-electron chi connectivity index (χ4n) is 2.80. The fraction of sp³-hybridized carbons (Fsp3) is 0.190. The van der Waals surface area contributed by atoms with E-state index in [9.17, 15) is 14.4 Å². The molecule has 1 amide bonds. The van der Waals surface area contributed by atoms with Gasteiger partial charge in [-0.15, -0.1) is 0 Å². The van der Waals surface area contributed by atoms with E-state index in [0.717, 1.165) is 15.8 Å². The van der Waals surface area contributed by atoms with Gasteiger partial charge in [0.25, 0.3) is 11.1 Å². The molecule has 1 aromatic heterocycles. The minimum atomic E-state index is -0.409. The van der Waals surface area contributed by atoms with Gasteiger partial charge < -0.3 is 5.32 Å². The molecule has 0 fully saturated rings. The number of nitrogens with one attached hydrogen (secondary N) is 1. The second kappa shape index (κ2) is 8.31. The van der Waals surface area contributed by atoms with Gasteiger partial charge in [-0.25, -0.2) is 9.36 Å². The van der Waals surface area contributed by atoms with Crippen LogP contribution in [0.5, 0.6) is 0 Å². The Morgan fingerprint density at radius 1 is 0.889 bits per heavy atom. The lowest BCUT2D eigenvalue weighted by molar-refractivity contribution is -0.122. The third-order valence-corrected chi connectivity index (χ3v) is 4.22. The predicted molar refractivity (Wildman–Crippen MR) is 104 cm³/mol. The van der Waals surface area contributed by atoms with E-state index >= 15 is 0 Å². The molecular weight excluding hydrogens is 342 g/mol. The van der Waals surface area contributed by atoms with Crippen LogP contribution in [0.25, 0.3) is 5.69 Å². The highest BCUT2D eigenvalue weighted by molar-refractivity contribution is 5.75. The predicted octanol–water partition coefficient (Wildman–Crippen LogP) is 1.67. The lowest BCUT2D eigenvalue weighted by Gasteiger charge is -2.15. The maximum atomic E-state index is 12.3. The van der Waals surface area contributed by atoms with Crippen molar-refractivity contribution in [2.45, 2.75) is 19.9 Å². The number of carbonyl (C=O) groups excluding carboxylic acids is 1. The number of aromatic nitrogens is 2. The smallest absolute Gasteiger partial charge is 0.270 e. The van der Waals surface area contributed by atoms with E-state index in [4.69, 9.17) is 0 Å². The molecule has 27 heavy (non-hydrogen) atoms. The van der Waals surface area contributed by atoms with E-state index in [0.29, 0.717) is 18.7 Å². The lowest BCUT2D eigenvalue weighted by atomic mass is 10.1. The van der Waals surface area contributed by atoms with Gasteiger partial charge in [-0.05, 0) is 31.0 Å². The third kappa shape index (κ3) is 4.61.